The van der Waals surface area contributed by atoms with Crippen LogP contribution in [0.25, 0.3) is 11.3 Å². The lowest BCUT2D eigenvalue weighted by Crippen LogP contribution is -1.88. The van der Waals surface area contributed by atoms with Crippen LogP contribution in [-0.2, 0) is 0 Å². The lowest BCUT2D eigenvalue weighted by atomic mass is 10.2. The standard InChI is InChI=1S/C10H9N3S/c11-8-2-3-9(12-6-8)7-1-4-10(14)13-5-7/h1-6H,11H2,(H,13,14). The van der Waals surface area contributed by atoms with Gasteiger partial charge in [0.1, 0.15) is 4.64 Å². The summed E-state index contributed by atoms with van der Waals surface area (Å²) in [4.78, 5) is 7.16. The van der Waals surface area contributed by atoms with Gasteiger partial charge in [0.25, 0.3) is 0 Å². The highest BCUT2D eigenvalue weighted by molar-refractivity contribution is 7.71. The van der Waals surface area contributed by atoms with E-state index in [4.69, 9.17) is 18.0 Å². The number of rotatable bonds is 1. The van der Waals surface area contributed by atoms with Gasteiger partial charge in [0.2, 0.25) is 0 Å². The maximum Gasteiger partial charge on any atom is 0.103 e. The number of nitrogens with zero attached hydrogens (tertiary/aromatic N) is 1. The summed E-state index contributed by atoms with van der Waals surface area (Å²) in [6.45, 7) is 0. The van der Waals surface area contributed by atoms with Gasteiger partial charge in [-0.2, -0.15) is 0 Å². The van der Waals surface area contributed by atoms with Crippen molar-refractivity contribution < 1.29 is 0 Å². The molecule has 0 aliphatic heterocycles. The molecular formula is C10H9N3S. The van der Waals surface area contributed by atoms with Crippen molar-refractivity contribution in [2.45, 2.75) is 0 Å². The molecule has 0 spiro atoms. The first-order chi connectivity index (χ1) is 6.75. The van der Waals surface area contributed by atoms with Crippen LogP contribution >= 0.6 is 12.2 Å². The molecule has 0 unspecified atom stereocenters. The number of hydrogen-bond acceptors (Lipinski definition) is 3. The molecule has 3 N–H and O–H groups in total. The monoisotopic (exact) mass is 203 g/mol. The Morgan fingerprint density at radius 2 is 2.07 bits per heavy atom. The number of anilines is 1. The summed E-state index contributed by atoms with van der Waals surface area (Å²) in [5.74, 6) is 0. The molecule has 3 nitrogen and oxygen atoms in total. The van der Waals surface area contributed by atoms with Crippen LogP contribution in [0.5, 0.6) is 0 Å². The molecule has 0 atom stereocenters. The molecule has 2 aromatic heterocycles. The molecule has 0 radical (unpaired) electrons. The zero-order valence-electron chi connectivity index (χ0n) is 7.40. The topological polar surface area (TPSA) is 54.7 Å². The summed E-state index contributed by atoms with van der Waals surface area (Å²) >= 11 is 4.95. The van der Waals surface area contributed by atoms with E-state index in [0.29, 0.717) is 10.3 Å². The number of nitrogen functional groups attached to an aromatic ring is 1. The number of pyridine rings is 2. The third kappa shape index (κ3) is 1.80. The van der Waals surface area contributed by atoms with Crippen molar-refractivity contribution in [3.63, 3.8) is 0 Å². The van der Waals surface area contributed by atoms with E-state index in [0.717, 1.165) is 11.3 Å². The summed E-state index contributed by atoms with van der Waals surface area (Å²) in [6, 6.07) is 7.46. The van der Waals surface area contributed by atoms with E-state index in [1.807, 2.05) is 30.5 Å². The quantitative estimate of drug-likeness (QED) is 0.700. The van der Waals surface area contributed by atoms with Crippen LogP contribution in [-0.4, -0.2) is 9.97 Å². The van der Waals surface area contributed by atoms with Crippen LogP contribution < -0.4 is 5.73 Å². The van der Waals surface area contributed by atoms with E-state index in [1.165, 1.54) is 0 Å². The minimum atomic E-state index is 0.664. The van der Waals surface area contributed by atoms with Crippen molar-refractivity contribution >= 4 is 17.9 Å². The van der Waals surface area contributed by atoms with Crippen molar-refractivity contribution in [1.82, 2.24) is 9.97 Å². The van der Waals surface area contributed by atoms with E-state index < -0.39 is 0 Å². The molecule has 2 aromatic rings. The molecule has 0 bridgehead atoms. The van der Waals surface area contributed by atoms with E-state index in [2.05, 4.69) is 9.97 Å². The fraction of sp³-hybridized carbons (Fsp3) is 0. The Labute approximate surface area is 86.6 Å². The minimum Gasteiger partial charge on any atom is -0.397 e. The highest BCUT2D eigenvalue weighted by atomic mass is 32.1. The maximum atomic E-state index is 5.54. The van der Waals surface area contributed by atoms with Crippen LogP contribution in [0.15, 0.2) is 36.7 Å². The molecule has 70 valence electrons. The summed E-state index contributed by atoms with van der Waals surface area (Å²) < 4.78 is 0.712. The van der Waals surface area contributed by atoms with Gasteiger partial charge in [0, 0.05) is 11.8 Å². The molecule has 0 saturated heterocycles. The van der Waals surface area contributed by atoms with Crippen molar-refractivity contribution in [2.24, 2.45) is 0 Å². The van der Waals surface area contributed by atoms with Gasteiger partial charge in [-0.1, -0.05) is 12.2 Å². The number of hydrogen-bond donors (Lipinski definition) is 2. The Kier molecular flexibility index (Phi) is 2.28. The number of H-pyrrole nitrogens is 1. The summed E-state index contributed by atoms with van der Waals surface area (Å²) in [6.07, 6.45) is 3.47. The first kappa shape index (κ1) is 8.90. The fourth-order valence-electron chi connectivity index (χ4n) is 1.15. The molecule has 4 heteroatoms. The average molecular weight is 203 g/mol. The second kappa shape index (κ2) is 3.59. The van der Waals surface area contributed by atoms with Crippen molar-refractivity contribution in [3.05, 3.63) is 41.3 Å². The largest absolute Gasteiger partial charge is 0.397 e. The van der Waals surface area contributed by atoms with Crippen LogP contribution in [0.4, 0.5) is 5.69 Å². The van der Waals surface area contributed by atoms with Gasteiger partial charge in [-0.3, -0.25) is 4.98 Å². The Balaban J connectivity index is 2.44. The van der Waals surface area contributed by atoms with Gasteiger partial charge in [-0.05, 0) is 24.3 Å². The number of nitrogens with two attached hydrogens (primary N) is 1. The Hall–Kier alpha value is -1.68. The highest BCUT2D eigenvalue weighted by Gasteiger charge is 1.96. The van der Waals surface area contributed by atoms with E-state index >= 15 is 0 Å². The fourth-order valence-corrected chi connectivity index (χ4v) is 1.27. The number of nitrogens with one attached hydrogen (secondary N) is 1. The first-order valence-electron chi connectivity index (χ1n) is 4.16. The van der Waals surface area contributed by atoms with Crippen molar-refractivity contribution in [3.8, 4) is 11.3 Å². The number of aromatic amines is 1. The molecule has 2 rings (SSSR count). The average Bonchev–Trinajstić information content (AvgIpc) is 2.21. The summed E-state index contributed by atoms with van der Waals surface area (Å²) in [7, 11) is 0. The SMILES string of the molecule is Nc1ccc(-c2ccc(=S)[nH]c2)nc1. The molecule has 0 aliphatic carbocycles. The zero-order valence-corrected chi connectivity index (χ0v) is 8.21. The molecule has 0 aromatic carbocycles. The number of aromatic nitrogens is 2. The van der Waals surface area contributed by atoms with E-state index in [1.54, 1.807) is 6.20 Å². The van der Waals surface area contributed by atoms with Crippen molar-refractivity contribution in [1.29, 1.82) is 0 Å². The Morgan fingerprint density at radius 3 is 2.64 bits per heavy atom. The molecule has 0 aliphatic rings. The van der Waals surface area contributed by atoms with Crippen LogP contribution in [0.1, 0.15) is 0 Å². The van der Waals surface area contributed by atoms with Gasteiger partial charge in [-0.15, -0.1) is 0 Å². The van der Waals surface area contributed by atoms with Crippen molar-refractivity contribution in [2.75, 3.05) is 5.73 Å². The van der Waals surface area contributed by atoms with Crippen LogP contribution in [0, 0.1) is 4.64 Å². The van der Waals surface area contributed by atoms with Gasteiger partial charge < -0.3 is 10.7 Å². The molecule has 0 saturated carbocycles. The summed E-state index contributed by atoms with van der Waals surface area (Å²) in [5, 5.41) is 0. The minimum absolute atomic E-state index is 0.664. The maximum absolute atomic E-state index is 5.54. The van der Waals surface area contributed by atoms with Gasteiger partial charge >= 0.3 is 0 Å². The predicted octanol–water partition coefficient (Wildman–Crippen LogP) is 2.39. The molecule has 14 heavy (non-hydrogen) atoms. The van der Waals surface area contributed by atoms with Crippen LogP contribution in [0.2, 0.25) is 0 Å². The van der Waals surface area contributed by atoms with E-state index in [9.17, 15) is 0 Å². The Morgan fingerprint density at radius 1 is 1.21 bits per heavy atom. The van der Waals surface area contributed by atoms with Gasteiger partial charge in [0.05, 0.1) is 17.6 Å². The third-order valence-electron chi connectivity index (χ3n) is 1.87. The van der Waals surface area contributed by atoms with Gasteiger partial charge in [-0.25, -0.2) is 0 Å². The normalized spacial score (nSPS) is 10.0. The van der Waals surface area contributed by atoms with Gasteiger partial charge in [0.15, 0.2) is 0 Å². The lowest BCUT2D eigenvalue weighted by Gasteiger charge is -1.99. The highest BCUT2D eigenvalue weighted by Crippen LogP contribution is 2.15. The summed E-state index contributed by atoms with van der Waals surface area (Å²) in [5.41, 5.74) is 8.09. The zero-order chi connectivity index (χ0) is 9.97. The molecule has 2 heterocycles. The molecule has 0 amide bonds. The predicted molar refractivity (Wildman–Crippen MR) is 59.3 cm³/mol. The lowest BCUT2D eigenvalue weighted by molar-refractivity contribution is 1.26. The first-order valence-corrected chi connectivity index (χ1v) is 4.57. The second-order valence-corrected chi connectivity index (χ2v) is 3.36. The third-order valence-corrected chi connectivity index (χ3v) is 2.12. The molecular weight excluding hydrogens is 194 g/mol. The second-order valence-electron chi connectivity index (χ2n) is 2.92. The molecule has 0 fully saturated rings. The van der Waals surface area contributed by atoms with Crippen LogP contribution in [0.3, 0.4) is 0 Å². The Bertz CT molecular complexity index is 467. The smallest absolute Gasteiger partial charge is 0.103 e. The van der Waals surface area contributed by atoms with E-state index in [-0.39, 0.29) is 0 Å².